The van der Waals surface area contributed by atoms with Crippen LogP contribution in [0.25, 0.3) is 0 Å². The van der Waals surface area contributed by atoms with Gasteiger partial charge < -0.3 is 9.64 Å². The van der Waals surface area contributed by atoms with Crippen molar-refractivity contribution in [1.29, 1.82) is 0 Å². The van der Waals surface area contributed by atoms with Gasteiger partial charge in [0.15, 0.2) is 22.4 Å². The lowest BCUT2D eigenvalue weighted by molar-refractivity contribution is -0.433. The summed E-state index contributed by atoms with van der Waals surface area (Å²) in [7, 11) is 1.78. The summed E-state index contributed by atoms with van der Waals surface area (Å²) >= 11 is 1.08. The van der Waals surface area contributed by atoms with Gasteiger partial charge in [0.25, 0.3) is 0 Å². The minimum absolute atomic E-state index is 0.0372. The molecule has 0 atom stereocenters. The number of likely N-dealkylation sites (N-methyl/N-ethyl adjacent to an activating group) is 2. The summed E-state index contributed by atoms with van der Waals surface area (Å²) in [5.41, 5.74) is 10.9. The first-order chi connectivity index (χ1) is 28.8. The van der Waals surface area contributed by atoms with Gasteiger partial charge in [-0.2, -0.15) is 4.58 Å². The Morgan fingerprint density at radius 1 is 0.869 bits per heavy atom. The van der Waals surface area contributed by atoms with E-state index in [1.807, 2.05) is 13.8 Å². The number of rotatable bonds is 12. The molecule has 61 heavy (non-hydrogen) atoms. The Morgan fingerprint density at radius 2 is 1.52 bits per heavy atom. The number of hydrogen-bond donors (Lipinski definition) is 0. The molecule has 8 nitrogen and oxygen atoms in total. The Labute approximate surface area is 367 Å². The molecule has 2 aliphatic carbocycles. The number of carbonyl (C=O) groups excluding carboxylic acids is 4. The maximum absolute atomic E-state index is 14.0. The first kappa shape index (κ1) is 45.5. The summed E-state index contributed by atoms with van der Waals surface area (Å²) < 4.78 is 8.26. The van der Waals surface area contributed by atoms with Gasteiger partial charge in [0.1, 0.15) is 13.2 Å². The molecule has 0 spiro atoms. The Bertz CT molecular complexity index is 2400. The van der Waals surface area contributed by atoms with Crippen LogP contribution in [0.4, 0.5) is 16.2 Å². The van der Waals surface area contributed by atoms with Gasteiger partial charge in [-0.25, -0.2) is 4.79 Å². The number of ether oxygens (including phenoxy) is 1. The number of nitrogens with zero attached hydrogens (tertiary/aromatic N) is 3. The zero-order valence-corrected chi connectivity index (χ0v) is 39.2. The van der Waals surface area contributed by atoms with Gasteiger partial charge >= 0.3 is 6.09 Å². The second kappa shape index (κ2) is 17.8. The molecule has 6 rings (SSSR count). The van der Waals surface area contributed by atoms with E-state index in [1.165, 1.54) is 33.9 Å². The number of fused-ring (bicyclic) bond motifs is 2. The molecular formula is C52H64N3O5S+. The summed E-state index contributed by atoms with van der Waals surface area (Å²) in [6.07, 6.45) is 11.0. The van der Waals surface area contributed by atoms with E-state index in [0.717, 1.165) is 61.0 Å². The van der Waals surface area contributed by atoms with Gasteiger partial charge in [0.2, 0.25) is 5.69 Å². The fraction of sp³-hybridized carbons (Fsp3) is 0.442. The molecule has 0 N–H and O–H groups in total. The maximum Gasteiger partial charge on any atom is 0.414 e. The minimum Gasteiger partial charge on any atom is -0.448 e. The van der Waals surface area contributed by atoms with Crippen LogP contribution in [0.3, 0.4) is 0 Å². The molecular weight excluding hydrogens is 779 g/mol. The highest BCUT2D eigenvalue weighted by molar-refractivity contribution is 8.13. The molecule has 0 aromatic heterocycles. The van der Waals surface area contributed by atoms with E-state index in [0.29, 0.717) is 22.3 Å². The standard InChI is InChI=1S/C52H64N3O5S/c1-13-54-40-24-17-15-22-38(40)51(8,9)42(54)28-26-36-20-19-21-37(27-29-43-52(10,11)39-23-16-18-25-41(39)55(43)14-2)46(36)53(12)49(59)60-30-31-61-44(56)32-50(6,7)45-35(5)47(57)33(3)34(4)48(45)58/h15-18,22-29H,13-14,19-21,30-32H2,1-12H3/q+1. The molecule has 0 bridgehead atoms. The molecule has 0 fully saturated rings. The van der Waals surface area contributed by atoms with Crippen LogP contribution in [-0.2, 0) is 30.0 Å². The summed E-state index contributed by atoms with van der Waals surface area (Å²) in [4.78, 5) is 57.4. The van der Waals surface area contributed by atoms with Crippen molar-refractivity contribution < 1.29 is 28.5 Å². The topological polar surface area (TPSA) is 87.0 Å². The van der Waals surface area contributed by atoms with Crippen LogP contribution in [0.1, 0.15) is 113 Å². The van der Waals surface area contributed by atoms with E-state index in [4.69, 9.17) is 4.74 Å². The summed E-state index contributed by atoms with van der Waals surface area (Å²) in [5, 5.41) is -0.131. The zero-order valence-electron chi connectivity index (χ0n) is 38.4. The third kappa shape index (κ3) is 8.47. The maximum atomic E-state index is 14.0. The summed E-state index contributed by atoms with van der Waals surface area (Å²) in [5.74, 6) is -0.0621. The number of amides is 1. The van der Waals surface area contributed by atoms with Crippen LogP contribution >= 0.6 is 11.8 Å². The van der Waals surface area contributed by atoms with Gasteiger partial charge in [0, 0.05) is 88.0 Å². The van der Waals surface area contributed by atoms with Gasteiger partial charge in [-0.05, 0) is 96.6 Å². The third-order valence-corrected chi connectivity index (χ3v) is 14.1. The summed E-state index contributed by atoms with van der Waals surface area (Å²) in [6, 6.07) is 17.2. The molecule has 2 heterocycles. The van der Waals surface area contributed by atoms with Crippen LogP contribution < -0.4 is 4.90 Å². The number of para-hydroxylation sites is 2. The third-order valence-electron chi connectivity index (χ3n) is 13.2. The number of benzene rings is 2. The van der Waals surface area contributed by atoms with Gasteiger partial charge in [-0.3, -0.25) is 19.3 Å². The van der Waals surface area contributed by atoms with Crippen molar-refractivity contribution in [2.75, 3.05) is 37.4 Å². The Hall–Kier alpha value is -5.02. The Morgan fingerprint density at radius 3 is 2.21 bits per heavy atom. The lowest BCUT2D eigenvalue weighted by Gasteiger charge is -2.31. The van der Waals surface area contributed by atoms with Crippen molar-refractivity contribution in [3.05, 3.63) is 129 Å². The average molecular weight is 843 g/mol. The number of hydrogen-bond acceptors (Lipinski definition) is 7. The molecule has 0 saturated heterocycles. The number of allylic oxidation sites excluding steroid dienone is 11. The van der Waals surface area contributed by atoms with Gasteiger partial charge in [-0.15, -0.1) is 0 Å². The van der Waals surface area contributed by atoms with Crippen LogP contribution in [0.15, 0.2) is 118 Å². The lowest BCUT2D eigenvalue weighted by Crippen LogP contribution is -2.31. The molecule has 0 unspecified atom stereocenters. The minimum atomic E-state index is -0.831. The number of ketones is 2. The average Bonchev–Trinajstić information content (AvgIpc) is 3.59. The first-order valence-electron chi connectivity index (χ1n) is 21.8. The second-order valence-corrected chi connectivity index (χ2v) is 19.5. The van der Waals surface area contributed by atoms with E-state index < -0.39 is 11.5 Å². The van der Waals surface area contributed by atoms with Crippen molar-refractivity contribution in [3.63, 3.8) is 0 Å². The molecule has 2 aromatic rings. The molecule has 1 amide bonds. The van der Waals surface area contributed by atoms with Crippen LogP contribution in [0.2, 0.25) is 0 Å². The van der Waals surface area contributed by atoms with Crippen molar-refractivity contribution in [2.24, 2.45) is 5.41 Å². The van der Waals surface area contributed by atoms with E-state index in [2.05, 4.69) is 124 Å². The molecule has 9 heteroatoms. The highest BCUT2D eigenvalue weighted by Gasteiger charge is 2.44. The van der Waals surface area contributed by atoms with Gasteiger partial charge in [-0.1, -0.05) is 88.0 Å². The molecule has 322 valence electrons. The Kier molecular flexibility index (Phi) is 13.2. The fourth-order valence-corrected chi connectivity index (χ4v) is 10.7. The lowest BCUT2D eigenvalue weighted by atomic mass is 9.71. The predicted molar refractivity (Wildman–Crippen MR) is 250 cm³/mol. The van der Waals surface area contributed by atoms with Crippen LogP contribution in [-0.4, -0.2) is 70.5 Å². The number of anilines is 1. The molecule has 0 radical (unpaired) electrons. The van der Waals surface area contributed by atoms with E-state index >= 15 is 0 Å². The number of carbonyl (C=O) groups is 4. The molecule has 4 aliphatic rings. The van der Waals surface area contributed by atoms with Crippen LogP contribution in [0, 0.1) is 5.41 Å². The second-order valence-electron chi connectivity index (χ2n) is 18.3. The molecule has 0 saturated carbocycles. The van der Waals surface area contributed by atoms with E-state index in [9.17, 15) is 19.2 Å². The van der Waals surface area contributed by atoms with Crippen LogP contribution in [0.5, 0.6) is 0 Å². The largest absolute Gasteiger partial charge is 0.448 e. The number of Topliss-reactive ketones (excluding diaryl/α,β-unsaturated/α-hetero) is 2. The highest BCUT2D eigenvalue weighted by atomic mass is 32.2. The zero-order chi connectivity index (χ0) is 44.6. The monoisotopic (exact) mass is 842 g/mol. The fourth-order valence-electron chi connectivity index (χ4n) is 9.87. The molecule has 2 aliphatic heterocycles. The quantitative estimate of drug-likeness (QED) is 0.119. The van der Waals surface area contributed by atoms with Gasteiger partial charge in [0.05, 0.1) is 11.1 Å². The van der Waals surface area contributed by atoms with Crippen molar-refractivity contribution >= 4 is 51.6 Å². The normalized spacial score (nSPS) is 20.2. The van der Waals surface area contributed by atoms with Crippen molar-refractivity contribution in [1.82, 2.24) is 4.90 Å². The SMILES string of the molecule is CCN1C(=CC=C2CCCC(C=CC3=[N+](CC)c4ccccc4C3(C)C)=C2N(C)C(=O)OCCSC(=O)CC(C)(C)C2=C(C)C(=O)C(C)=C(C)C2=O)C(C)(C)c2ccccc21. The van der Waals surface area contributed by atoms with E-state index in [-0.39, 0.29) is 46.3 Å². The highest BCUT2D eigenvalue weighted by Crippen LogP contribution is 2.48. The predicted octanol–water partition coefficient (Wildman–Crippen LogP) is 11.3. The van der Waals surface area contributed by atoms with Crippen molar-refractivity contribution in [3.8, 4) is 0 Å². The van der Waals surface area contributed by atoms with Crippen molar-refractivity contribution in [2.45, 2.75) is 113 Å². The van der Waals surface area contributed by atoms with E-state index in [1.54, 1.807) is 32.7 Å². The smallest absolute Gasteiger partial charge is 0.414 e. The molecule has 2 aromatic carbocycles. The Balaban J connectivity index is 1.25. The first-order valence-corrected chi connectivity index (χ1v) is 22.8. The summed E-state index contributed by atoms with van der Waals surface area (Å²) in [6.45, 7) is 23.9. The number of thioether (sulfide) groups is 1.